The molecule has 0 spiro atoms. The van der Waals surface area contributed by atoms with Gasteiger partial charge in [-0.1, -0.05) is 12.6 Å². The Morgan fingerprint density at radius 3 is 2.36 bits per heavy atom. The maximum Gasteiger partial charge on any atom is 0.0433 e. The first-order valence-electron chi connectivity index (χ1n) is 4.69. The average Bonchev–Trinajstić information content (AvgIpc) is 2.19. The Balaban J connectivity index is 0.000000364. The summed E-state index contributed by atoms with van der Waals surface area (Å²) >= 11 is 0. The van der Waals surface area contributed by atoms with E-state index in [-0.39, 0.29) is 0 Å². The normalized spacial score (nSPS) is 8.86. The van der Waals surface area contributed by atoms with E-state index >= 15 is 0 Å². The van der Waals surface area contributed by atoms with Crippen molar-refractivity contribution in [1.29, 1.82) is 0 Å². The molecule has 0 saturated carbocycles. The van der Waals surface area contributed by atoms with Crippen molar-refractivity contribution in [1.82, 2.24) is 4.98 Å². The Bertz CT molecular complexity index is 262. The molecule has 0 saturated heterocycles. The summed E-state index contributed by atoms with van der Waals surface area (Å²) in [6.45, 7) is 10.5. The number of allylic oxidation sites excluding steroid dienone is 1. The second-order valence-corrected chi connectivity index (χ2v) is 3.05. The third-order valence-electron chi connectivity index (χ3n) is 1.69. The largest absolute Gasteiger partial charge is 0.385 e. The lowest BCUT2D eigenvalue weighted by molar-refractivity contribution is 0.215. The number of hydrogen-bond acceptors (Lipinski definition) is 2. The van der Waals surface area contributed by atoms with Crippen molar-refractivity contribution >= 4 is 5.57 Å². The number of hydrogen-bond donors (Lipinski definition) is 0. The molecular weight excluding hydrogens is 174 g/mol. The Labute approximate surface area is 86.6 Å². The SMILES string of the molecule is C=C(C)c1ccc(C)nc1.CCOC. The highest BCUT2D eigenvalue weighted by atomic mass is 16.5. The van der Waals surface area contributed by atoms with Crippen LogP contribution >= 0.6 is 0 Å². The monoisotopic (exact) mass is 193 g/mol. The van der Waals surface area contributed by atoms with Crippen LogP contribution in [0.25, 0.3) is 5.57 Å². The van der Waals surface area contributed by atoms with E-state index in [1.165, 1.54) is 0 Å². The number of aromatic nitrogens is 1. The van der Waals surface area contributed by atoms with Crippen LogP contribution in [0, 0.1) is 6.92 Å². The van der Waals surface area contributed by atoms with Crippen LogP contribution in [0.2, 0.25) is 0 Å². The minimum atomic E-state index is 0.819. The maximum atomic E-state index is 4.54. The van der Waals surface area contributed by atoms with Crippen molar-refractivity contribution in [3.05, 3.63) is 36.2 Å². The van der Waals surface area contributed by atoms with Crippen LogP contribution in [0.1, 0.15) is 25.1 Å². The molecule has 0 unspecified atom stereocenters. The quantitative estimate of drug-likeness (QED) is 0.720. The molecule has 0 aromatic carbocycles. The van der Waals surface area contributed by atoms with Gasteiger partial charge in [0.05, 0.1) is 0 Å². The molecule has 0 radical (unpaired) electrons. The summed E-state index contributed by atoms with van der Waals surface area (Å²) in [5, 5.41) is 0. The lowest BCUT2D eigenvalue weighted by Gasteiger charge is -1.97. The van der Waals surface area contributed by atoms with Gasteiger partial charge < -0.3 is 4.74 Å². The second-order valence-electron chi connectivity index (χ2n) is 3.05. The highest BCUT2D eigenvalue weighted by molar-refractivity contribution is 5.60. The van der Waals surface area contributed by atoms with Gasteiger partial charge in [-0.3, -0.25) is 4.98 Å². The molecule has 78 valence electrons. The lowest BCUT2D eigenvalue weighted by atomic mass is 10.1. The van der Waals surface area contributed by atoms with E-state index in [0.717, 1.165) is 23.4 Å². The van der Waals surface area contributed by atoms with E-state index in [0.29, 0.717) is 0 Å². The van der Waals surface area contributed by atoms with Crippen molar-refractivity contribution < 1.29 is 4.74 Å². The van der Waals surface area contributed by atoms with Crippen LogP contribution in [0.15, 0.2) is 24.9 Å². The molecule has 0 N–H and O–H groups in total. The molecule has 1 heterocycles. The third kappa shape index (κ3) is 5.49. The van der Waals surface area contributed by atoms with E-state index in [2.05, 4.69) is 16.3 Å². The predicted molar refractivity (Wildman–Crippen MR) is 61.2 cm³/mol. The van der Waals surface area contributed by atoms with Crippen LogP contribution in [0.5, 0.6) is 0 Å². The van der Waals surface area contributed by atoms with E-state index < -0.39 is 0 Å². The van der Waals surface area contributed by atoms with Gasteiger partial charge in [-0.15, -0.1) is 0 Å². The first kappa shape index (κ1) is 12.8. The maximum absolute atomic E-state index is 4.54. The molecular formula is C12H19NO. The zero-order valence-corrected chi connectivity index (χ0v) is 9.50. The fraction of sp³-hybridized carbons (Fsp3) is 0.417. The number of ether oxygens (including phenoxy) is 1. The molecule has 1 aromatic rings. The summed E-state index contributed by atoms with van der Waals surface area (Å²) in [5.41, 5.74) is 3.23. The zero-order valence-electron chi connectivity index (χ0n) is 9.50. The van der Waals surface area contributed by atoms with Gasteiger partial charge in [0.1, 0.15) is 0 Å². The fourth-order valence-electron chi connectivity index (χ4n) is 0.720. The molecule has 0 aliphatic heterocycles. The number of rotatable bonds is 2. The fourth-order valence-corrected chi connectivity index (χ4v) is 0.720. The minimum absolute atomic E-state index is 0.819. The highest BCUT2D eigenvalue weighted by Crippen LogP contribution is 2.08. The van der Waals surface area contributed by atoms with Crippen LogP contribution in [-0.4, -0.2) is 18.7 Å². The van der Waals surface area contributed by atoms with Gasteiger partial charge in [0, 0.05) is 25.6 Å². The number of nitrogens with zero attached hydrogens (tertiary/aromatic N) is 1. The van der Waals surface area contributed by atoms with Gasteiger partial charge >= 0.3 is 0 Å². The Hall–Kier alpha value is -1.15. The topological polar surface area (TPSA) is 22.1 Å². The van der Waals surface area contributed by atoms with Crippen molar-refractivity contribution in [2.75, 3.05) is 13.7 Å². The second kappa shape index (κ2) is 7.27. The van der Waals surface area contributed by atoms with Crippen LogP contribution in [0.3, 0.4) is 0 Å². The molecule has 2 heteroatoms. The smallest absolute Gasteiger partial charge is 0.0433 e. The number of methoxy groups -OCH3 is 1. The van der Waals surface area contributed by atoms with Crippen molar-refractivity contribution in [3.63, 3.8) is 0 Å². The van der Waals surface area contributed by atoms with Gasteiger partial charge in [-0.05, 0) is 38.0 Å². The van der Waals surface area contributed by atoms with Gasteiger partial charge in [0.15, 0.2) is 0 Å². The van der Waals surface area contributed by atoms with Gasteiger partial charge in [-0.25, -0.2) is 0 Å². The number of aryl methyl sites for hydroxylation is 1. The predicted octanol–water partition coefficient (Wildman–Crippen LogP) is 3.08. The summed E-state index contributed by atoms with van der Waals surface area (Å²) in [6.07, 6.45) is 1.84. The summed E-state index contributed by atoms with van der Waals surface area (Å²) in [4.78, 5) is 4.14. The summed E-state index contributed by atoms with van der Waals surface area (Å²) in [7, 11) is 1.68. The molecule has 14 heavy (non-hydrogen) atoms. The molecule has 0 amide bonds. The summed E-state index contributed by atoms with van der Waals surface area (Å²) < 4.78 is 4.54. The molecule has 0 atom stereocenters. The van der Waals surface area contributed by atoms with Gasteiger partial charge in [0.2, 0.25) is 0 Å². The molecule has 0 aliphatic carbocycles. The van der Waals surface area contributed by atoms with Crippen molar-refractivity contribution in [3.8, 4) is 0 Å². The van der Waals surface area contributed by atoms with E-state index in [9.17, 15) is 0 Å². The third-order valence-corrected chi connectivity index (χ3v) is 1.69. The molecule has 0 bridgehead atoms. The van der Waals surface area contributed by atoms with Gasteiger partial charge in [-0.2, -0.15) is 0 Å². The zero-order chi connectivity index (χ0) is 11.0. The van der Waals surface area contributed by atoms with E-state index in [4.69, 9.17) is 0 Å². The minimum Gasteiger partial charge on any atom is -0.385 e. The first-order valence-corrected chi connectivity index (χ1v) is 4.69. The van der Waals surface area contributed by atoms with Crippen LogP contribution < -0.4 is 0 Å². The van der Waals surface area contributed by atoms with Crippen LogP contribution in [-0.2, 0) is 4.74 Å². The van der Waals surface area contributed by atoms with Crippen molar-refractivity contribution in [2.45, 2.75) is 20.8 Å². The number of pyridine rings is 1. The first-order chi connectivity index (χ1) is 6.61. The average molecular weight is 193 g/mol. The Morgan fingerprint density at radius 2 is 2.07 bits per heavy atom. The summed E-state index contributed by atoms with van der Waals surface area (Å²) in [5.74, 6) is 0. The lowest BCUT2D eigenvalue weighted by Crippen LogP contribution is -1.82. The molecule has 0 fully saturated rings. The van der Waals surface area contributed by atoms with E-state index in [1.54, 1.807) is 7.11 Å². The Morgan fingerprint density at radius 1 is 1.50 bits per heavy atom. The highest BCUT2D eigenvalue weighted by Gasteiger charge is 1.90. The van der Waals surface area contributed by atoms with E-state index in [1.807, 2.05) is 39.1 Å². The molecule has 0 aliphatic rings. The van der Waals surface area contributed by atoms with Crippen LogP contribution in [0.4, 0.5) is 0 Å². The molecule has 1 aromatic heterocycles. The molecule has 2 nitrogen and oxygen atoms in total. The standard InChI is InChI=1S/C9H11N.C3H8O/c1-7(2)9-5-4-8(3)10-6-9;1-3-4-2/h4-6H,1H2,2-3H3;3H2,1-2H3. The molecule has 1 rings (SSSR count). The summed E-state index contributed by atoms with van der Waals surface area (Å²) in [6, 6.07) is 4.02. The Kier molecular flexibility index (Phi) is 6.68. The van der Waals surface area contributed by atoms with Gasteiger partial charge in [0.25, 0.3) is 0 Å². The van der Waals surface area contributed by atoms with Crippen molar-refractivity contribution in [2.24, 2.45) is 0 Å².